The highest BCUT2D eigenvalue weighted by Crippen LogP contribution is 2.27. The molecule has 0 bridgehead atoms. The molecular weight excluding hydrogens is 442 g/mol. The molecule has 0 aliphatic heterocycles. The molecule has 1 atom stereocenters. The Bertz CT molecular complexity index is 1300. The number of nitrogens with zero attached hydrogens (tertiary/aromatic N) is 1. The maximum absolute atomic E-state index is 12.5. The number of aromatic nitrogens is 1. The number of oxazole rings is 1. The molecule has 2 N–H and O–H groups in total. The van der Waals surface area contributed by atoms with Crippen LogP contribution in [-0.2, 0) is 4.79 Å². The number of fused-ring (bicyclic) bond motifs is 1. The Morgan fingerprint density at radius 1 is 0.970 bits per heavy atom. The highest BCUT2D eigenvalue weighted by Gasteiger charge is 2.20. The number of hydrogen-bond donors (Lipinski definition) is 2. The Labute approximate surface area is 194 Å². The van der Waals surface area contributed by atoms with Crippen LogP contribution in [0.3, 0.4) is 0 Å². The van der Waals surface area contributed by atoms with E-state index >= 15 is 0 Å². The molecule has 8 heteroatoms. The second-order valence-electron chi connectivity index (χ2n) is 7.38. The average Bonchev–Trinajstić information content (AvgIpc) is 3.27. The van der Waals surface area contributed by atoms with E-state index in [1.54, 1.807) is 54.6 Å². The van der Waals surface area contributed by atoms with Crippen LogP contribution in [0.25, 0.3) is 22.2 Å². The number of para-hydroxylation sites is 2. The topological polar surface area (TPSA) is 101 Å². The molecule has 0 fully saturated rings. The Balaban J connectivity index is 1.32. The van der Waals surface area contributed by atoms with E-state index in [4.69, 9.17) is 16.0 Å². The molecule has 0 radical (unpaired) electrons. The molecule has 0 saturated heterocycles. The standard InChI is InChI=1S/C25H20ClN3O4/c1-15(23(31)27-14-21(30)25-29-20-8-4-5-9-22(20)33-25)28-24(32)17-12-10-16(11-13-17)18-6-2-3-7-19(18)26/h2-13,15H,14H2,1H3,(H,27,31)(H,28,32). The largest absolute Gasteiger partial charge is 0.434 e. The van der Waals surface area contributed by atoms with E-state index in [0.29, 0.717) is 21.7 Å². The number of ketones is 1. The van der Waals surface area contributed by atoms with Gasteiger partial charge in [0.1, 0.15) is 11.6 Å². The van der Waals surface area contributed by atoms with Gasteiger partial charge in [0.2, 0.25) is 11.7 Å². The number of amides is 2. The Hall–Kier alpha value is -3.97. The van der Waals surface area contributed by atoms with Crippen molar-refractivity contribution in [1.29, 1.82) is 0 Å². The number of nitrogens with one attached hydrogen (secondary N) is 2. The van der Waals surface area contributed by atoms with Crippen molar-refractivity contribution < 1.29 is 18.8 Å². The minimum Gasteiger partial charge on any atom is -0.434 e. The number of Topliss-reactive ketones (excluding diaryl/α,β-unsaturated/α-hetero) is 1. The summed E-state index contributed by atoms with van der Waals surface area (Å²) in [6, 6.07) is 20.5. The average molecular weight is 462 g/mol. The van der Waals surface area contributed by atoms with E-state index in [-0.39, 0.29) is 12.4 Å². The normalized spacial score (nSPS) is 11.7. The van der Waals surface area contributed by atoms with Crippen LogP contribution >= 0.6 is 11.6 Å². The zero-order valence-electron chi connectivity index (χ0n) is 17.7. The maximum Gasteiger partial charge on any atom is 0.266 e. The van der Waals surface area contributed by atoms with E-state index in [1.807, 2.05) is 18.2 Å². The lowest BCUT2D eigenvalue weighted by Crippen LogP contribution is -2.46. The predicted octanol–water partition coefficient (Wildman–Crippen LogP) is 4.27. The van der Waals surface area contributed by atoms with Gasteiger partial charge in [0.05, 0.1) is 6.54 Å². The highest BCUT2D eigenvalue weighted by atomic mass is 35.5. The van der Waals surface area contributed by atoms with Crippen LogP contribution in [0.5, 0.6) is 0 Å². The first-order valence-electron chi connectivity index (χ1n) is 10.2. The van der Waals surface area contributed by atoms with Crippen LogP contribution < -0.4 is 10.6 Å². The molecule has 4 aromatic rings. The van der Waals surface area contributed by atoms with Gasteiger partial charge in [0, 0.05) is 16.1 Å². The molecule has 0 aliphatic carbocycles. The monoisotopic (exact) mass is 461 g/mol. The first-order chi connectivity index (χ1) is 15.9. The number of hydrogen-bond acceptors (Lipinski definition) is 5. The van der Waals surface area contributed by atoms with Crippen molar-refractivity contribution in [3.8, 4) is 11.1 Å². The lowest BCUT2D eigenvalue weighted by molar-refractivity contribution is -0.122. The highest BCUT2D eigenvalue weighted by molar-refractivity contribution is 6.33. The van der Waals surface area contributed by atoms with E-state index in [0.717, 1.165) is 11.1 Å². The molecule has 1 aromatic heterocycles. The van der Waals surface area contributed by atoms with E-state index in [9.17, 15) is 14.4 Å². The van der Waals surface area contributed by atoms with Gasteiger partial charge in [0.15, 0.2) is 5.58 Å². The SMILES string of the molecule is CC(NC(=O)c1ccc(-c2ccccc2Cl)cc1)C(=O)NCC(=O)c1nc2ccccc2o1. The number of carbonyl (C=O) groups excluding carboxylic acids is 3. The van der Waals surface area contributed by atoms with Crippen molar-refractivity contribution in [1.82, 2.24) is 15.6 Å². The summed E-state index contributed by atoms with van der Waals surface area (Å²) in [5.41, 5.74) is 3.19. The molecule has 2 amide bonds. The number of benzene rings is 3. The van der Waals surface area contributed by atoms with Gasteiger partial charge in [-0.05, 0) is 42.8 Å². The first kappa shape index (κ1) is 22.2. The van der Waals surface area contributed by atoms with Crippen molar-refractivity contribution >= 4 is 40.3 Å². The van der Waals surface area contributed by atoms with Gasteiger partial charge in [-0.2, -0.15) is 0 Å². The predicted molar refractivity (Wildman–Crippen MR) is 125 cm³/mol. The van der Waals surface area contributed by atoms with Gasteiger partial charge in [-0.1, -0.05) is 54.1 Å². The van der Waals surface area contributed by atoms with Crippen molar-refractivity contribution in [2.24, 2.45) is 0 Å². The maximum atomic E-state index is 12.5. The van der Waals surface area contributed by atoms with Crippen molar-refractivity contribution in [2.75, 3.05) is 6.54 Å². The van der Waals surface area contributed by atoms with Crippen LogP contribution in [0.15, 0.2) is 77.2 Å². The van der Waals surface area contributed by atoms with Gasteiger partial charge in [-0.15, -0.1) is 0 Å². The molecule has 166 valence electrons. The smallest absolute Gasteiger partial charge is 0.266 e. The van der Waals surface area contributed by atoms with Gasteiger partial charge in [-0.3, -0.25) is 14.4 Å². The minimum atomic E-state index is -0.850. The summed E-state index contributed by atoms with van der Waals surface area (Å²) in [6.45, 7) is 1.24. The van der Waals surface area contributed by atoms with Crippen molar-refractivity contribution in [3.63, 3.8) is 0 Å². The molecule has 7 nitrogen and oxygen atoms in total. The molecule has 33 heavy (non-hydrogen) atoms. The summed E-state index contributed by atoms with van der Waals surface area (Å²) in [5.74, 6) is -1.45. The summed E-state index contributed by atoms with van der Waals surface area (Å²) in [7, 11) is 0. The quantitative estimate of drug-likeness (QED) is 0.400. The van der Waals surface area contributed by atoms with Crippen molar-refractivity contribution in [2.45, 2.75) is 13.0 Å². The van der Waals surface area contributed by atoms with Gasteiger partial charge in [-0.25, -0.2) is 4.98 Å². The second-order valence-corrected chi connectivity index (χ2v) is 7.79. The van der Waals surface area contributed by atoms with Crippen LogP contribution in [0.1, 0.15) is 28.0 Å². The molecule has 0 aliphatic rings. The molecule has 1 heterocycles. The third kappa shape index (κ3) is 5.10. The Kier molecular flexibility index (Phi) is 6.51. The minimum absolute atomic E-state index is 0.0770. The summed E-state index contributed by atoms with van der Waals surface area (Å²) in [4.78, 5) is 41.3. The fraction of sp³-hybridized carbons (Fsp3) is 0.120. The van der Waals surface area contributed by atoms with Gasteiger partial charge >= 0.3 is 0 Å². The molecule has 3 aromatic carbocycles. The van der Waals surface area contributed by atoms with Crippen LogP contribution in [0, 0.1) is 0 Å². The van der Waals surface area contributed by atoms with Crippen LogP contribution in [-0.4, -0.2) is 35.2 Å². The third-order valence-corrected chi connectivity index (χ3v) is 5.36. The second kappa shape index (κ2) is 9.67. The van der Waals surface area contributed by atoms with E-state index < -0.39 is 23.6 Å². The molecular formula is C25H20ClN3O4. The third-order valence-electron chi connectivity index (χ3n) is 5.03. The van der Waals surface area contributed by atoms with Gasteiger partial charge in [0.25, 0.3) is 11.8 Å². The molecule has 4 rings (SSSR count). The number of rotatable bonds is 7. The fourth-order valence-electron chi connectivity index (χ4n) is 3.23. The van der Waals surface area contributed by atoms with E-state index in [1.165, 1.54) is 6.92 Å². The summed E-state index contributed by atoms with van der Waals surface area (Å²) >= 11 is 6.22. The van der Waals surface area contributed by atoms with Gasteiger partial charge < -0.3 is 15.1 Å². The van der Waals surface area contributed by atoms with Crippen molar-refractivity contribution in [3.05, 3.63) is 89.3 Å². The lowest BCUT2D eigenvalue weighted by Gasteiger charge is -2.14. The Morgan fingerprint density at radius 2 is 1.67 bits per heavy atom. The zero-order valence-corrected chi connectivity index (χ0v) is 18.4. The molecule has 0 saturated carbocycles. The summed E-state index contributed by atoms with van der Waals surface area (Å²) in [5, 5.41) is 5.74. The summed E-state index contributed by atoms with van der Waals surface area (Å²) in [6.07, 6.45) is 0. The number of halogens is 1. The molecule has 1 unspecified atom stereocenters. The Morgan fingerprint density at radius 3 is 2.39 bits per heavy atom. The first-order valence-corrected chi connectivity index (χ1v) is 10.6. The van der Waals surface area contributed by atoms with Crippen LogP contribution in [0.4, 0.5) is 0 Å². The fourth-order valence-corrected chi connectivity index (χ4v) is 3.47. The summed E-state index contributed by atoms with van der Waals surface area (Å²) < 4.78 is 5.40. The number of carbonyl (C=O) groups is 3. The van der Waals surface area contributed by atoms with Crippen LogP contribution in [0.2, 0.25) is 5.02 Å². The zero-order chi connectivity index (χ0) is 23.4. The molecule has 0 spiro atoms. The van der Waals surface area contributed by atoms with E-state index in [2.05, 4.69) is 15.6 Å². The lowest BCUT2D eigenvalue weighted by atomic mass is 10.0.